The zero-order valence-electron chi connectivity index (χ0n) is 15.0. The molecule has 2 saturated carbocycles. The van der Waals surface area contributed by atoms with Crippen LogP contribution in [0.4, 0.5) is 4.79 Å². The van der Waals surface area contributed by atoms with E-state index in [0.29, 0.717) is 12.5 Å². The van der Waals surface area contributed by atoms with Crippen molar-refractivity contribution in [3.8, 4) is 0 Å². The Balaban J connectivity index is 1.81. The Morgan fingerprint density at radius 3 is 2.26 bits per heavy atom. The minimum Gasteiger partial charge on any atom is -0.467 e. The molecule has 0 radical (unpaired) electrons. The van der Waals surface area contributed by atoms with E-state index >= 15 is 0 Å². The van der Waals surface area contributed by atoms with Crippen LogP contribution in [-0.4, -0.2) is 31.7 Å². The van der Waals surface area contributed by atoms with Gasteiger partial charge in [0.1, 0.15) is 6.04 Å². The standard InChI is InChI=1S/C18H32N2O3/c1-18(2,3)15(16(21)23-4)20-17(22)19-11-14-9-12-6-5-7-13(8-12)10-14/h12-15H,5-11H2,1-4H3,(H2,19,20,22)/t12?,13?,14?,15-/m1/s1. The second-order valence-electron chi connectivity index (χ2n) is 8.41. The summed E-state index contributed by atoms with van der Waals surface area (Å²) in [5, 5.41) is 5.74. The summed E-state index contributed by atoms with van der Waals surface area (Å²) in [4.78, 5) is 24.0. The summed E-state index contributed by atoms with van der Waals surface area (Å²) in [6, 6.07) is -0.913. The van der Waals surface area contributed by atoms with Crippen LogP contribution in [-0.2, 0) is 9.53 Å². The number of hydrogen-bond donors (Lipinski definition) is 2. The van der Waals surface area contributed by atoms with E-state index in [1.165, 1.54) is 45.6 Å². The second kappa shape index (κ2) is 7.54. The molecule has 0 saturated heterocycles. The van der Waals surface area contributed by atoms with Gasteiger partial charge in [-0.2, -0.15) is 0 Å². The van der Waals surface area contributed by atoms with E-state index in [9.17, 15) is 9.59 Å². The zero-order valence-corrected chi connectivity index (χ0v) is 15.0. The summed E-state index contributed by atoms with van der Waals surface area (Å²) >= 11 is 0. The van der Waals surface area contributed by atoms with Gasteiger partial charge in [-0.1, -0.05) is 40.0 Å². The molecule has 0 aromatic carbocycles. The summed E-state index contributed by atoms with van der Waals surface area (Å²) < 4.78 is 4.80. The molecular weight excluding hydrogens is 292 g/mol. The number of esters is 1. The fourth-order valence-electron chi connectivity index (χ4n) is 4.20. The molecule has 2 aliphatic rings. The van der Waals surface area contributed by atoms with Gasteiger partial charge in [-0.25, -0.2) is 9.59 Å². The molecule has 2 bridgehead atoms. The van der Waals surface area contributed by atoms with Crippen LogP contribution in [0.2, 0.25) is 0 Å². The Hall–Kier alpha value is -1.26. The van der Waals surface area contributed by atoms with Crippen molar-refractivity contribution in [3.05, 3.63) is 0 Å². The molecule has 0 aromatic heterocycles. The predicted molar refractivity (Wildman–Crippen MR) is 90.0 cm³/mol. The highest BCUT2D eigenvalue weighted by atomic mass is 16.5. The Morgan fingerprint density at radius 1 is 1.13 bits per heavy atom. The monoisotopic (exact) mass is 324 g/mol. The van der Waals surface area contributed by atoms with Crippen LogP contribution in [0.15, 0.2) is 0 Å². The maximum absolute atomic E-state index is 12.2. The lowest BCUT2D eigenvalue weighted by atomic mass is 9.68. The van der Waals surface area contributed by atoms with Crippen LogP contribution in [0.3, 0.4) is 0 Å². The molecule has 2 aliphatic carbocycles. The van der Waals surface area contributed by atoms with Crippen molar-refractivity contribution in [1.82, 2.24) is 10.6 Å². The summed E-state index contributed by atoms with van der Waals surface area (Å²) in [6.07, 6.45) is 7.94. The molecule has 5 heteroatoms. The molecule has 0 spiro atoms. The van der Waals surface area contributed by atoms with E-state index < -0.39 is 12.0 Å². The minimum absolute atomic E-state index is 0.272. The number of rotatable bonds is 4. The van der Waals surface area contributed by atoms with E-state index in [-0.39, 0.29) is 11.4 Å². The number of carbonyl (C=O) groups excluding carboxylic acids is 2. The average Bonchev–Trinajstić information content (AvgIpc) is 2.48. The molecule has 23 heavy (non-hydrogen) atoms. The number of amides is 2. The molecule has 0 aliphatic heterocycles. The van der Waals surface area contributed by atoms with E-state index in [0.717, 1.165) is 11.8 Å². The van der Waals surface area contributed by atoms with E-state index in [2.05, 4.69) is 10.6 Å². The van der Waals surface area contributed by atoms with Crippen LogP contribution in [0, 0.1) is 23.2 Å². The first-order valence-electron chi connectivity index (χ1n) is 8.91. The highest BCUT2D eigenvalue weighted by molar-refractivity contribution is 5.84. The molecule has 3 atom stereocenters. The first kappa shape index (κ1) is 18.1. The third kappa shape index (κ3) is 5.11. The summed E-state index contributed by atoms with van der Waals surface area (Å²) in [7, 11) is 1.35. The van der Waals surface area contributed by atoms with Crippen LogP contribution < -0.4 is 10.6 Å². The highest BCUT2D eigenvalue weighted by Gasteiger charge is 2.34. The van der Waals surface area contributed by atoms with Crippen molar-refractivity contribution in [1.29, 1.82) is 0 Å². The Morgan fingerprint density at radius 2 is 1.74 bits per heavy atom. The molecule has 0 aromatic rings. The molecule has 2 fully saturated rings. The van der Waals surface area contributed by atoms with Crippen LogP contribution >= 0.6 is 0 Å². The van der Waals surface area contributed by atoms with Gasteiger partial charge in [0, 0.05) is 6.54 Å². The van der Waals surface area contributed by atoms with Gasteiger partial charge in [-0.05, 0) is 42.4 Å². The van der Waals surface area contributed by atoms with Crippen molar-refractivity contribution < 1.29 is 14.3 Å². The topological polar surface area (TPSA) is 67.4 Å². The van der Waals surface area contributed by atoms with Gasteiger partial charge < -0.3 is 15.4 Å². The number of methoxy groups -OCH3 is 1. The zero-order chi connectivity index (χ0) is 17.0. The lowest BCUT2D eigenvalue weighted by Crippen LogP contribution is -2.53. The van der Waals surface area contributed by atoms with Crippen LogP contribution in [0.1, 0.15) is 59.3 Å². The maximum atomic E-state index is 12.2. The molecule has 2 unspecified atom stereocenters. The normalized spacial score (nSPS) is 28.6. The lowest BCUT2D eigenvalue weighted by molar-refractivity contribution is -0.145. The summed E-state index contributed by atoms with van der Waals surface area (Å²) in [5.41, 5.74) is -0.383. The molecule has 0 heterocycles. The number of ether oxygens (including phenoxy) is 1. The van der Waals surface area contributed by atoms with Gasteiger partial charge in [0.25, 0.3) is 0 Å². The summed E-state index contributed by atoms with van der Waals surface area (Å²) in [5.74, 6) is 1.89. The molecule has 2 amide bonds. The maximum Gasteiger partial charge on any atom is 0.328 e. The van der Waals surface area contributed by atoms with Gasteiger partial charge in [0.15, 0.2) is 0 Å². The Labute approximate surface area is 139 Å². The largest absolute Gasteiger partial charge is 0.467 e. The smallest absolute Gasteiger partial charge is 0.328 e. The fraction of sp³-hybridized carbons (Fsp3) is 0.889. The average molecular weight is 324 g/mol. The van der Waals surface area contributed by atoms with Crippen molar-refractivity contribution in [2.45, 2.75) is 65.3 Å². The predicted octanol–water partition coefficient (Wildman–Crippen LogP) is 3.09. The van der Waals surface area contributed by atoms with Gasteiger partial charge in [-0.15, -0.1) is 0 Å². The first-order chi connectivity index (χ1) is 10.8. The number of hydrogen-bond acceptors (Lipinski definition) is 3. The Kier molecular flexibility index (Phi) is 5.93. The van der Waals surface area contributed by atoms with Gasteiger partial charge in [0.05, 0.1) is 7.11 Å². The van der Waals surface area contributed by atoms with Gasteiger partial charge in [0.2, 0.25) is 0 Å². The quantitative estimate of drug-likeness (QED) is 0.781. The van der Waals surface area contributed by atoms with Crippen LogP contribution in [0.25, 0.3) is 0 Å². The van der Waals surface area contributed by atoms with Crippen molar-refractivity contribution in [3.63, 3.8) is 0 Å². The first-order valence-corrected chi connectivity index (χ1v) is 8.91. The highest BCUT2D eigenvalue weighted by Crippen LogP contribution is 2.42. The van der Waals surface area contributed by atoms with Crippen molar-refractivity contribution in [2.75, 3.05) is 13.7 Å². The van der Waals surface area contributed by atoms with Crippen LogP contribution in [0.5, 0.6) is 0 Å². The van der Waals surface area contributed by atoms with E-state index in [4.69, 9.17) is 4.74 Å². The van der Waals surface area contributed by atoms with Gasteiger partial charge >= 0.3 is 12.0 Å². The number of carbonyl (C=O) groups is 2. The third-order valence-corrected chi connectivity index (χ3v) is 5.35. The summed E-state index contributed by atoms with van der Waals surface area (Å²) in [6.45, 7) is 6.45. The molecule has 2 N–H and O–H groups in total. The lowest BCUT2D eigenvalue weighted by Gasteiger charge is -2.39. The Bertz CT molecular complexity index is 418. The van der Waals surface area contributed by atoms with E-state index in [1.807, 2.05) is 20.8 Å². The number of fused-ring (bicyclic) bond motifs is 2. The van der Waals surface area contributed by atoms with Crippen molar-refractivity contribution in [2.24, 2.45) is 23.2 Å². The molecule has 2 rings (SSSR count). The minimum atomic E-state index is -0.641. The fourth-order valence-corrected chi connectivity index (χ4v) is 4.20. The number of nitrogens with one attached hydrogen (secondary N) is 2. The van der Waals surface area contributed by atoms with Crippen molar-refractivity contribution >= 4 is 12.0 Å². The van der Waals surface area contributed by atoms with E-state index in [1.54, 1.807) is 0 Å². The van der Waals surface area contributed by atoms with Gasteiger partial charge in [-0.3, -0.25) is 0 Å². The second-order valence-corrected chi connectivity index (χ2v) is 8.41. The SMILES string of the molecule is COC(=O)[C@@H](NC(=O)NCC1CC2CCCC(C2)C1)C(C)(C)C. The molecular formula is C18H32N2O3. The number of urea groups is 1. The molecule has 132 valence electrons. The molecule has 5 nitrogen and oxygen atoms in total. The third-order valence-electron chi connectivity index (χ3n) is 5.35.